The van der Waals surface area contributed by atoms with Gasteiger partial charge < -0.3 is 9.64 Å². The summed E-state index contributed by atoms with van der Waals surface area (Å²) >= 11 is 6.27. The van der Waals surface area contributed by atoms with E-state index in [4.69, 9.17) is 16.3 Å². The molecule has 1 N–H and O–H groups in total. The molecule has 0 spiro atoms. The summed E-state index contributed by atoms with van der Waals surface area (Å²) in [6.07, 6.45) is 2.57. The van der Waals surface area contributed by atoms with Crippen molar-refractivity contribution in [2.75, 3.05) is 25.9 Å². The highest BCUT2D eigenvalue weighted by Crippen LogP contribution is 2.37. The zero-order valence-corrected chi connectivity index (χ0v) is 18.8. The van der Waals surface area contributed by atoms with Crippen molar-refractivity contribution in [2.24, 2.45) is 0 Å². The number of sulfonamides is 1. The van der Waals surface area contributed by atoms with Crippen molar-refractivity contribution in [3.63, 3.8) is 0 Å². The Labute approximate surface area is 182 Å². The minimum Gasteiger partial charge on any atom is -0.496 e. The van der Waals surface area contributed by atoms with Crippen LogP contribution in [0, 0.1) is 0 Å². The maximum absolute atomic E-state index is 13.3. The van der Waals surface area contributed by atoms with E-state index in [1.165, 1.54) is 0 Å². The molecule has 0 amide bonds. The van der Waals surface area contributed by atoms with E-state index in [2.05, 4.69) is 23.7 Å². The molecule has 0 aliphatic heterocycles. The molecule has 0 saturated carbocycles. The molecule has 1 atom stereocenters. The second-order valence-corrected chi connectivity index (χ2v) is 9.89. The van der Waals surface area contributed by atoms with Crippen LogP contribution in [0.2, 0.25) is 5.02 Å². The van der Waals surface area contributed by atoms with E-state index in [0.717, 1.165) is 36.1 Å². The predicted molar refractivity (Wildman–Crippen MR) is 122 cm³/mol. The highest BCUT2D eigenvalue weighted by atomic mass is 35.5. The van der Waals surface area contributed by atoms with Crippen molar-refractivity contribution in [3.05, 3.63) is 64.7 Å². The SMILES string of the molecule is COc1ccc(NS(=O)(=O)c2ccc(Cl)c3ccccc23)c2c1CC(N(C)C)CC2. The number of ether oxygens (including phenoxy) is 1. The molecule has 7 heteroatoms. The summed E-state index contributed by atoms with van der Waals surface area (Å²) in [6, 6.07) is 14.5. The predicted octanol–water partition coefficient (Wildman–Crippen LogP) is 4.72. The first kappa shape index (κ1) is 21.0. The molecule has 0 aromatic heterocycles. The van der Waals surface area contributed by atoms with E-state index in [-0.39, 0.29) is 4.90 Å². The van der Waals surface area contributed by atoms with E-state index >= 15 is 0 Å². The summed E-state index contributed by atoms with van der Waals surface area (Å²) in [6.45, 7) is 0. The third-order valence-electron chi connectivity index (χ3n) is 5.87. The fourth-order valence-corrected chi connectivity index (χ4v) is 5.76. The Balaban J connectivity index is 1.77. The standard InChI is InChI=1S/C23H25ClN2O3S/c1-26(2)15-8-9-17-19(14-15)22(29-3)12-11-21(17)25-30(27,28)23-13-10-20(24)16-6-4-5-7-18(16)23/h4-7,10-13,15,25H,8-9,14H2,1-3H3. The number of rotatable bonds is 5. The average molecular weight is 445 g/mol. The molecule has 1 unspecified atom stereocenters. The summed E-state index contributed by atoms with van der Waals surface area (Å²) in [5.41, 5.74) is 2.69. The zero-order chi connectivity index (χ0) is 21.5. The van der Waals surface area contributed by atoms with Crippen molar-refractivity contribution in [3.8, 4) is 5.75 Å². The van der Waals surface area contributed by atoms with Gasteiger partial charge in [-0.25, -0.2) is 8.42 Å². The van der Waals surface area contributed by atoms with E-state index in [1.807, 2.05) is 24.3 Å². The van der Waals surface area contributed by atoms with Crippen LogP contribution in [-0.2, 0) is 22.9 Å². The molecule has 4 rings (SSSR count). The molecular weight excluding hydrogens is 420 g/mol. The van der Waals surface area contributed by atoms with Crippen LogP contribution in [0.1, 0.15) is 17.5 Å². The number of likely N-dealkylation sites (N-methyl/N-ethyl adjacent to an activating group) is 1. The summed E-state index contributed by atoms with van der Waals surface area (Å²) < 4.78 is 35.1. The maximum Gasteiger partial charge on any atom is 0.262 e. The number of anilines is 1. The van der Waals surface area contributed by atoms with Gasteiger partial charge in [0.25, 0.3) is 10.0 Å². The number of fused-ring (bicyclic) bond motifs is 2. The van der Waals surface area contributed by atoms with E-state index in [1.54, 1.807) is 31.4 Å². The first-order valence-corrected chi connectivity index (χ1v) is 11.7. The lowest BCUT2D eigenvalue weighted by molar-refractivity contribution is 0.265. The number of methoxy groups -OCH3 is 1. The van der Waals surface area contributed by atoms with Gasteiger partial charge in [-0.15, -0.1) is 0 Å². The second kappa shape index (κ2) is 8.10. The van der Waals surface area contributed by atoms with Gasteiger partial charge in [-0.3, -0.25) is 4.72 Å². The second-order valence-electron chi connectivity index (χ2n) is 7.83. The lowest BCUT2D eigenvalue weighted by Gasteiger charge is -2.32. The highest BCUT2D eigenvalue weighted by molar-refractivity contribution is 7.93. The molecule has 3 aromatic rings. The van der Waals surface area contributed by atoms with E-state index in [0.29, 0.717) is 27.5 Å². The molecule has 3 aromatic carbocycles. The molecule has 1 aliphatic rings. The van der Waals surface area contributed by atoms with Crippen LogP contribution < -0.4 is 9.46 Å². The molecule has 0 bridgehead atoms. The monoisotopic (exact) mass is 444 g/mol. The summed E-state index contributed by atoms with van der Waals surface area (Å²) in [5.74, 6) is 0.802. The Morgan fingerprint density at radius 3 is 2.47 bits per heavy atom. The molecule has 1 aliphatic carbocycles. The molecule has 158 valence electrons. The molecule has 0 saturated heterocycles. The van der Waals surface area contributed by atoms with Gasteiger partial charge in [0.15, 0.2) is 0 Å². The van der Waals surface area contributed by atoms with Crippen LogP contribution in [0.25, 0.3) is 10.8 Å². The van der Waals surface area contributed by atoms with Crippen LogP contribution >= 0.6 is 11.6 Å². The van der Waals surface area contributed by atoms with Crippen LogP contribution in [0.5, 0.6) is 5.75 Å². The van der Waals surface area contributed by atoms with Crippen molar-refractivity contribution >= 4 is 38.1 Å². The van der Waals surface area contributed by atoms with E-state index in [9.17, 15) is 8.42 Å². The summed E-state index contributed by atoms with van der Waals surface area (Å²) in [5, 5.41) is 1.85. The quantitative estimate of drug-likeness (QED) is 0.618. The van der Waals surface area contributed by atoms with Gasteiger partial charge in [0, 0.05) is 27.4 Å². The Morgan fingerprint density at radius 2 is 1.77 bits per heavy atom. The average Bonchev–Trinajstić information content (AvgIpc) is 2.73. The van der Waals surface area contributed by atoms with E-state index < -0.39 is 10.0 Å². The smallest absolute Gasteiger partial charge is 0.262 e. The number of nitrogens with one attached hydrogen (secondary N) is 1. The van der Waals surface area contributed by atoms with Crippen LogP contribution in [-0.4, -0.2) is 40.6 Å². The van der Waals surface area contributed by atoms with Gasteiger partial charge in [0.1, 0.15) is 5.75 Å². The van der Waals surface area contributed by atoms with Gasteiger partial charge in [-0.05, 0) is 63.2 Å². The molecule has 30 heavy (non-hydrogen) atoms. The van der Waals surface area contributed by atoms with Crippen LogP contribution in [0.15, 0.2) is 53.4 Å². The highest BCUT2D eigenvalue weighted by Gasteiger charge is 2.27. The first-order chi connectivity index (χ1) is 14.3. The van der Waals surface area contributed by atoms with Crippen molar-refractivity contribution in [1.29, 1.82) is 0 Å². The normalized spacial score (nSPS) is 16.5. The number of halogens is 1. The number of nitrogens with zero attached hydrogens (tertiary/aromatic N) is 1. The van der Waals surface area contributed by atoms with Crippen molar-refractivity contribution in [1.82, 2.24) is 4.90 Å². The molecule has 0 heterocycles. The van der Waals surface area contributed by atoms with Crippen LogP contribution in [0.4, 0.5) is 5.69 Å². The van der Waals surface area contributed by atoms with Gasteiger partial charge in [-0.2, -0.15) is 0 Å². The minimum atomic E-state index is -3.80. The fraction of sp³-hybridized carbons (Fsp3) is 0.304. The van der Waals surface area contributed by atoms with Crippen molar-refractivity contribution in [2.45, 2.75) is 30.2 Å². The number of hydrogen-bond acceptors (Lipinski definition) is 4. The third kappa shape index (κ3) is 3.75. The Kier molecular flexibility index (Phi) is 5.66. The van der Waals surface area contributed by atoms with Gasteiger partial charge >= 0.3 is 0 Å². The number of benzene rings is 3. The maximum atomic E-state index is 13.3. The van der Waals surface area contributed by atoms with Crippen LogP contribution in [0.3, 0.4) is 0 Å². The number of hydrogen-bond donors (Lipinski definition) is 1. The lowest BCUT2D eigenvalue weighted by Crippen LogP contribution is -2.34. The molecular formula is C23H25ClN2O3S. The Morgan fingerprint density at radius 1 is 1.03 bits per heavy atom. The Hall–Kier alpha value is -2.28. The van der Waals surface area contributed by atoms with Gasteiger partial charge in [-0.1, -0.05) is 35.9 Å². The summed E-state index contributed by atoms with van der Waals surface area (Å²) in [7, 11) is 1.99. The van der Waals surface area contributed by atoms with Gasteiger partial charge in [0.05, 0.1) is 17.7 Å². The zero-order valence-electron chi connectivity index (χ0n) is 17.3. The first-order valence-electron chi connectivity index (χ1n) is 9.87. The molecule has 0 radical (unpaired) electrons. The third-order valence-corrected chi connectivity index (χ3v) is 7.62. The van der Waals surface area contributed by atoms with Gasteiger partial charge in [0.2, 0.25) is 0 Å². The van der Waals surface area contributed by atoms with Crippen molar-refractivity contribution < 1.29 is 13.2 Å². The lowest BCUT2D eigenvalue weighted by atomic mass is 9.86. The summed E-state index contributed by atoms with van der Waals surface area (Å²) in [4.78, 5) is 2.42. The Bertz CT molecular complexity index is 1210. The topological polar surface area (TPSA) is 58.6 Å². The fourth-order valence-electron chi connectivity index (χ4n) is 4.23. The largest absolute Gasteiger partial charge is 0.496 e. The molecule has 0 fully saturated rings. The minimum absolute atomic E-state index is 0.217. The molecule has 5 nitrogen and oxygen atoms in total.